The Bertz CT molecular complexity index is 838. The second kappa shape index (κ2) is 8.48. The highest BCUT2D eigenvalue weighted by atomic mass is 16.5. The molecule has 0 bridgehead atoms. The van der Waals surface area contributed by atoms with Crippen LogP contribution in [0.2, 0.25) is 0 Å². The highest BCUT2D eigenvalue weighted by Gasteiger charge is 2.13. The van der Waals surface area contributed by atoms with Gasteiger partial charge in [-0.1, -0.05) is 65.3 Å². The van der Waals surface area contributed by atoms with Gasteiger partial charge in [-0.25, -0.2) is 0 Å². The van der Waals surface area contributed by atoms with Crippen LogP contribution in [0.1, 0.15) is 30.2 Å². The van der Waals surface area contributed by atoms with Crippen LogP contribution in [0.4, 0.5) is 0 Å². The lowest BCUT2D eigenvalue weighted by Gasteiger charge is -2.13. The number of amides is 1. The zero-order valence-electron chi connectivity index (χ0n) is 15.2. The molecule has 0 aliphatic rings. The summed E-state index contributed by atoms with van der Waals surface area (Å²) in [6.07, 6.45) is 2.08. The van der Waals surface area contributed by atoms with E-state index in [4.69, 9.17) is 4.52 Å². The fraction of sp³-hybridized carbons (Fsp3) is 0.273. The number of nitrogens with one attached hydrogen (secondary N) is 1. The molecule has 0 aliphatic heterocycles. The maximum atomic E-state index is 12.2. The Hall–Kier alpha value is -2.88. The molecule has 1 N–H and O–H groups in total. The predicted molar refractivity (Wildman–Crippen MR) is 103 cm³/mol. The van der Waals surface area contributed by atoms with Gasteiger partial charge in [-0.2, -0.15) is 0 Å². The zero-order chi connectivity index (χ0) is 18.4. The molecule has 1 unspecified atom stereocenters. The van der Waals surface area contributed by atoms with E-state index in [-0.39, 0.29) is 18.4 Å². The summed E-state index contributed by atoms with van der Waals surface area (Å²) >= 11 is 0. The lowest BCUT2D eigenvalue weighted by atomic mass is 10.1. The molecule has 2 aromatic carbocycles. The van der Waals surface area contributed by atoms with Crippen LogP contribution < -0.4 is 5.32 Å². The minimum Gasteiger partial charge on any atom is -0.356 e. The van der Waals surface area contributed by atoms with Crippen molar-refractivity contribution in [3.63, 3.8) is 0 Å². The van der Waals surface area contributed by atoms with Crippen molar-refractivity contribution >= 4 is 5.91 Å². The molecule has 0 fully saturated rings. The summed E-state index contributed by atoms with van der Waals surface area (Å²) in [7, 11) is 0. The van der Waals surface area contributed by atoms with E-state index in [1.54, 1.807) is 0 Å². The molecule has 1 heterocycles. The summed E-state index contributed by atoms with van der Waals surface area (Å²) in [5.41, 5.74) is 4.09. The lowest BCUT2D eigenvalue weighted by Crippen LogP contribution is -2.34. The van der Waals surface area contributed by atoms with E-state index >= 15 is 0 Å². The van der Waals surface area contributed by atoms with Gasteiger partial charge in [0.25, 0.3) is 0 Å². The van der Waals surface area contributed by atoms with Gasteiger partial charge in [-0.15, -0.1) is 0 Å². The fourth-order valence-corrected chi connectivity index (χ4v) is 2.84. The van der Waals surface area contributed by atoms with Crippen LogP contribution in [0.5, 0.6) is 0 Å². The molecule has 0 saturated heterocycles. The van der Waals surface area contributed by atoms with Crippen molar-refractivity contribution in [1.82, 2.24) is 10.5 Å². The van der Waals surface area contributed by atoms with Crippen LogP contribution in [0, 0.1) is 6.92 Å². The van der Waals surface area contributed by atoms with Gasteiger partial charge in [0.1, 0.15) is 0 Å². The summed E-state index contributed by atoms with van der Waals surface area (Å²) < 4.78 is 5.37. The Morgan fingerprint density at radius 2 is 1.85 bits per heavy atom. The number of carbonyl (C=O) groups excluding carboxylic acids is 1. The van der Waals surface area contributed by atoms with E-state index in [1.807, 2.05) is 62.4 Å². The number of nitrogens with zero attached hydrogens (tertiary/aromatic N) is 1. The largest absolute Gasteiger partial charge is 0.356 e. The zero-order valence-corrected chi connectivity index (χ0v) is 15.2. The average Bonchev–Trinajstić information content (AvgIpc) is 3.09. The third-order valence-electron chi connectivity index (χ3n) is 4.35. The first kappa shape index (κ1) is 17.9. The molecule has 3 aromatic rings. The van der Waals surface area contributed by atoms with Crippen LogP contribution >= 0.6 is 0 Å². The molecular weight excluding hydrogens is 324 g/mol. The normalized spacial score (nSPS) is 11.9. The van der Waals surface area contributed by atoms with Gasteiger partial charge in [0.15, 0.2) is 5.76 Å². The van der Waals surface area contributed by atoms with Crippen molar-refractivity contribution in [2.24, 2.45) is 0 Å². The molecule has 3 rings (SSSR count). The molecule has 0 spiro atoms. The Labute approximate surface area is 154 Å². The number of hydrogen-bond acceptors (Lipinski definition) is 3. The quantitative estimate of drug-likeness (QED) is 0.691. The molecule has 1 atom stereocenters. The first-order chi connectivity index (χ1) is 12.6. The number of rotatable bonds is 7. The lowest BCUT2D eigenvalue weighted by molar-refractivity contribution is -0.121. The Kier molecular flexibility index (Phi) is 5.84. The van der Waals surface area contributed by atoms with Gasteiger partial charge >= 0.3 is 0 Å². The molecule has 4 heteroatoms. The van der Waals surface area contributed by atoms with Crippen molar-refractivity contribution < 1.29 is 9.32 Å². The van der Waals surface area contributed by atoms with Crippen molar-refractivity contribution in [3.05, 3.63) is 77.5 Å². The van der Waals surface area contributed by atoms with Gasteiger partial charge in [0, 0.05) is 17.7 Å². The standard InChI is InChI=1S/C22H24N2O2/c1-16-8-12-19(13-9-16)21-14-20(24-26-21)15-22(25)23-17(2)10-11-18-6-4-3-5-7-18/h3-9,12-14,17H,10-11,15H2,1-2H3,(H,23,25). The molecule has 4 nitrogen and oxygen atoms in total. The molecule has 26 heavy (non-hydrogen) atoms. The van der Waals surface area contributed by atoms with Crippen LogP contribution in [0.3, 0.4) is 0 Å². The summed E-state index contributed by atoms with van der Waals surface area (Å²) in [4.78, 5) is 12.2. The first-order valence-electron chi connectivity index (χ1n) is 8.96. The molecule has 0 aliphatic carbocycles. The predicted octanol–water partition coefficient (Wildman–Crippen LogP) is 4.33. The van der Waals surface area contributed by atoms with E-state index in [9.17, 15) is 4.79 Å². The molecule has 0 saturated carbocycles. The first-order valence-corrected chi connectivity index (χ1v) is 8.96. The summed E-state index contributed by atoms with van der Waals surface area (Å²) in [5, 5.41) is 7.05. The maximum Gasteiger partial charge on any atom is 0.226 e. The summed E-state index contributed by atoms with van der Waals surface area (Å²) in [6.45, 7) is 4.07. The minimum absolute atomic E-state index is 0.0330. The number of benzene rings is 2. The monoisotopic (exact) mass is 348 g/mol. The molecule has 1 amide bonds. The van der Waals surface area contributed by atoms with Gasteiger partial charge in [0.2, 0.25) is 5.91 Å². The Morgan fingerprint density at radius 1 is 1.12 bits per heavy atom. The second-order valence-electron chi connectivity index (χ2n) is 6.72. The van der Waals surface area contributed by atoms with E-state index < -0.39 is 0 Å². The third-order valence-corrected chi connectivity index (χ3v) is 4.35. The van der Waals surface area contributed by atoms with Gasteiger partial charge in [-0.3, -0.25) is 4.79 Å². The molecule has 1 aromatic heterocycles. The van der Waals surface area contributed by atoms with E-state index in [2.05, 4.69) is 22.6 Å². The van der Waals surface area contributed by atoms with E-state index in [0.29, 0.717) is 11.5 Å². The smallest absolute Gasteiger partial charge is 0.226 e. The number of hydrogen-bond donors (Lipinski definition) is 1. The van der Waals surface area contributed by atoms with Crippen molar-refractivity contribution in [1.29, 1.82) is 0 Å². The van der Waals surface area contributed by atoms with Crippen LogP contribution in [0.25, 0.3) is 11.3 Å². The Balaban J connectivity index is 1.49. The number of aromatic nitrogens is 1. The second-order valence-corrected chi connectivity index (χ2v) is 6.72. The van der Waals surface area contributed by atoms with E-state index in [0.717, 1.165) is 18.4 Å². The molecule has 134 valence electrons. The average molecular weight is 348 g/mol. The van der Waals surface area contributed by atoms with Crippen molar-refractivity contribution in [2.75, 3.05) is 0 Å². The number of aryl methyl sites for hydroxylation is 2. The minimum atomic E-state index is -0.0330. The summed E-state index contributed by atoms with van der Waals surface area (Å²) in [6, 6.07) is 20.3. The third kappa shape index (κ3) is 5.06. The highest BCUT2D eigenvalue weighted by Crippen LogP contribution is 2.21. The van der Waals surface area contributed by atoms with E-state index in [1.165, 1.54) is 11.1 Å². The number of carbonyl (C=O) groups is 1. The van der Waals surface area contributed by atoms with Crippen molar-refractivity contribution in [3.8, 4) is 11.3 Å². The SMILES string of the molecule is Cc1ccc(-c2cc(CC(=O)NC(C)CCc3ccccc3)no2)cc1. The van der Waals surface area contributed by atoms with Crippen LogP contribution in [0.15, 0.2) is 65.2 Å². The summed E-state index contributed by atoms with van der Waals surface area (Å²) in [5.74, 6) is 0.652. The molecule has 0 radical (unpaired) electrons. The van der Waals surface area contributed by atoms with Crippen LogP contribution in [-0.4, -0.2) is 17.1 Å². The Morgan fingerprint density at radius 3 is 2.58 bits per heavy atom. The molecular formula is C22H24N2O2. The van der Waals surface area contributed by atoms with Gasteiger partial charge < -0.3 is 9.84 Å². The van der Waals surface area contributed by atoms with Gasteiger partial charge in [-0.05, 0) is 32.3 Å². The van der Waals surface area contributed by atoms with Crippen LogP contribution in [-0.2, 0) is 17.6 Å². The topological polar surface area (TPSA) is 55.1 Å². The maximum absolute atomic E-state index is 12.2. The van der Waals surface area contributed by atoms with Crippen molar-refractivity contribution in [2.45, 2.75) is 39.2 Å². The highest BCUT2D eigenvalue weighted by molar-refractivity contribution is 5.78. The van der Waals surface area contributed by atoms with Gasteiger partial charge in [0.05, 0.1) is 12.1 Å². The fourth-order valence-electron chi connectivity index (χ4n) is 2.84.